The van der Waals surface area contributed by atoms with Crippen LogP contribution in [0.15, 0.2) is 18.2 Å². The average Bonchev–Trinajstić information content (AvgIpc) is 3.01. The van der Waals surface area contributed by atoms with Crippen LogP contribution in [-0.4, -0.2) is 39.6 Å². The molecule has 1 aromatic carbocycles. The van der Waals surface area contributed by atoms with Gasteiger partial charge < -0.3 is 5.73 Å². The Labute approximate surface area is 127 Å². The van der Waals surface area contributed by atoms with Crippen molar-refractivity contribution in [2.75, 3.05) is 11.5 Å². The largest absolute Gasteiger partial charge is 0.398 e. The molecule has 0 saturated carbocycles. The van der Waals surface area contributed by atoms with Gasteiger partial charge in [-0.25, -0.2) is 13.1 Å². The van der Waals surface area contributed by atoms with Gasteiger partial charge in [-0.1, -0.05) is 17.7 Å². The lowest BCUT2D eigenvalue weighted by Crippen LogP contribution is -2.23. The van der Waals surface area contributed by atoms with E-state index < -0.39 is 15.1 Å². The number of hydrogen-bond donors (Lipinski definition) is 1. The molecule has 0 radical (unpaired) electrons. The Morgan fingerprint density at radius 1 is 1.43 bits per heavy atom. The van der Waals surface area contributed by atoms with Crippen molar-refractivity contribution < 1.29 is 8.42 Å². The van der Waals surface area contributed by atoms with Crippen LogP contribution in [0.4, 0.5) is 5.69 Å². The number of aromatic nitrogens is 4. The van der Waals surface area contributed by atoms with Crippen molar-refractivity contribution >= 4 is 27.1 Å². The quantitative estimate of drug-likeness (QED) is 0.848. The van der Waals surface area contributed by atoms with Crippen LogP contribution >= 0.6 is 11.6 Å². The van der Waals surface area contributed by atoms with E-state index in [0.717, 1.165) is 0 Å². The molecule has 3 rings (SSSR count). The van der Waals surface area contributed by atoms with Crippen molar-refractivity contribution in [2.24, 2.45) is 0 Å². The third-order valence-corrected chi connectivity index (χ3v) is 6.32. The lowest BCUT2D eigenvalue weighted by molar-refractivity contribution is 0.534. The fourth-order valence-electron chi connectivity index (χ4n) is 2.50. The van der Waals surface area contributed by atoms with Crippen molar-refractivity contribution in [2.45, 2.75) is 24.6 Å². The summed E-state index contributed by atoms with van der Waals surface area (Å²) in [5.74, 6) is 0.656. The summed E-state index contributed by atoms with van der Waals surface area (Å²) < 4.78 is 25.3. The number of sulfone groups is 1. The Hall–Kier alpha value is -1.67. The van der Waals surface area contributed by atoms with E-state index in [2.05, 4.69) is 15.5 Å². The van der Waals surface area contributed by atoms with Crippen LogP contribution in [0, 0.1) is 0 Å². The summed E-state index contributed by atoms with van der Waals surface area (Å²) in [6.45, 7) is 0.232. The highest BCUT2D eigenvalue weighted by atomic mass is 35.5. The predicted molar refractivity (Wildman–Crippen MR) is 79.5 cm³/mol. The van der Waals surface area contributed by atoms with E-state index in [0.29, 0.717) is 34.9 Å². The highest BCUT2D eigenvalue weighted by Gasteiger charge is 2.32. The molecule has 2 heterocycles. The van der Waals surface area contributed by atoms with Crippen LogP contribution in [0.3, 0.4) is 0 Å². The zero-order valence-electron chi connectivity index (χ0n) is 11.1. The summed E-state index contributed by atoms with van der Waals surface area (Å²) in [5.41, 5.74) is 6.80. The number of anilines is 1. The minimum Gasteiger partial charge on any atom is -0.398 e. The Morgan fingerprint density at radius 3 is 2.95 bits per heavy atom. The average molecular weight is 328 g/mol. The molecule has 1 aromatic heterocycles. The number of nitrogens with two attached hydrogens (primary N) is 1. The molecule has 1 aliphatic heterocycles. The summed E-state index contributed by atoms with van der Waals surface area (Å²) in [4.78, 5) is 0. The first-order valence-electron chi connectivity index (χ1n) is 6.51. The second-order valence-corrected chi connectivity index (χ2v) is 7.80. The highest BCUT2D eigenvalue weighted by Crippen LogP contribution is 2.31. The molecular formula is C12H14ClN5O2S. The third kappa shape index (κ3) is 2.60. The molecule has 7 nitrogen and oxygen atoms in total. The smallest absolute Gasteiger partial charge is 0.183 e. The second kappa shape index (κ2) is 5.27. The van der Waals surface area contributed by atoms with Crippen molar-refractivity contribution in [1.29, 1.82) is 0 Å². The number of halogens is 1. The van der Waals surface area contributed by atoms with Gasteiger partial charge in [-0.2, -0.15) is 0 Å². The van der Waals surface area contributed by atoms with Crippen LogP contribution in [0.5, 0.6) is 0 Å². The van der Waals surface area contributed by atoms with E-state index in [1.165, 1.54) is 4.68 Å². The third-order valence-electron chi connectivity index (χ3n) is 3.64. The van der Waals surface area contributed by atoms with E-state index in [9.17, 15) is 8.42 Å². The molecule has 2 aromatic rings. The van der Waals surface area contributed by atoms with E-state index in [1.807, 2.05) is 0 Å². The minimum absolute atomic E-state index is 0.230. The van der Waals surface area contributed by atoms with Crippen LogP contribution < -0.4 is 5.73 Å². The molecule has 112 valence electrons. The van der Waals surface area contributed by atoms with Gasteiger partial charge in [0.05, 0.1) is 28.3 Å². The molecule has 2 N–H and O–H groups in total. The van der Waals surface area contributed by atoms with Crippen LogP contribution in [0.2, 0.25) is 5.02 Å². The zero-order chi connectivity index (χ0) is 15.0. The molecular weight excluding hydrogens is 314 g/mol. The summed E-state index contributed by atoms with van der Waals surface area (Å²) in [7, 11) is -3.05. The fraction of sp³-hybridized carbons (Fsp3) is 0.417. The predicted octanol–water partition coefficient (Wildman–Crippen LogP) is 1.15. The summed E-state index contributed by atoms with van der Waals surface area (Å²) in [5, 5.41) is 11.4. The molecule has 0 aliphatic carbocycles. The fourth-order valence-corrected chi connectivity index (χ4v) is 4.51. The number of hydrogen-bond acceptors (Lipinski definition) is 6. The van der Waals surface area contributed by atoms with Gasteiger partial charge in [0.1, 0.15) is 0 Å². The Balaban J connectivity index is 1.96. The SMILES string of the molecule is Nc1cccc(-c2nnnn2CC2CCCS2(=O)=O)c1Cl. The summed E-state index contributed by atoms with van der Waals surface area (Å²) in [6.07, 6.45) is 1.32. The molecule has 9 heteroatoms. The van der Waals surface area contributed by atoms with Crippen LogP contribution in [0.25, 0.3) is 11.4 Å². The minimum atomic E-state index is -3.05. The first kappa shape index (κ1) is 14.3. The molecule has 0 amide bonds. The number of benzene rings is 1. The molecule has 0 spiro atoms. The van der Waals surface area contributed by atoms with Crippen molar-refractivity contribution in [3.8, 4) is 11.4 Å². The van der Waals surface area contributed by atoms with E-state index >= 15 is 0 Å². The maximum atomic E-state index is 11.9. The molecule has 0 bridgehead atoms. The Bertz CT molecular complexity index is 774. The number of nitrogen functional groups attached to an aromatic ring is 1. The van der Waals surface area contributed by atoms with Crippen LogP contribution in [-0.2, 0) is 16.4 Å². The molecule has 1 saturated heterocycles. The van der Waals surface area contributed by atoms with Crippen molar-refractivity contribution in [1.82, 2.24) is 20.2 Å². The molecule has 1 aliphatic rings. The molecule has 21 heavy (non-hydrogen) atoms. The molecule has 1 fully saturated rings. The van der Waals surface area contributed by atoms with Gasteiger partial charge in [0, 0.05) is 5.56 Å². The maximum absolute atomic E-state index is 11.9. The topological polar surface area (TPSA) is 104 Å². The highest BCUT2D eigenvalue weighted by molar-refractivity contribution is 7.92. The van der Waals surface area contributed by atoms with E-state index in [1.54, 1.807) is 18.2 Å². The van der Waals surface area contributed by atoms with Crippen LogP contribution in [0.1, 0.15) is 12.8 Å². The van der Waals surface area contributed by atoms with E-state index in [-0.39, 0.29) is 12.3 Å². The van der Waals surface area contributed by atoms with Gasteiger partial charge in [-0.15, -0.1) is 5.10 Å². The first-order chi connectivity index (χ1) is 9.99. The number of tetrazole rings is 1. The lowest BCUT2D eigenvalue weighted by atomic mass is 10.2. The molecule has 1 unspecified atom stereocenters. The lowest BCUT2D eigenvalue weighted by Gasteiger charge is -2.11. The van der Waals surface area contributed by atoms with Gasteiger partial charge in [0.15, 0.2) is 15.7 Å². The van der Waals surface area contributed by atoms with Crippen molar-refractivity contribution in [3.63, 3.8) is 0 Å². The first-order valence-corrected chi connectivity index (χ1v) is 8.60. The Morgan fingerprint density at radius 2 is 2.24 bits per heavy atom. The van der Waals surface area contributed by atoms with Gasteiger partial charge >= 0.3 is 0 Å². The number of nitrogens with zero attached hydrogens (tertiary/aromatic N) is 4. The van der Waals surface area contributed by atoms with Gasteiger partial charge in [0.25, 0.3) is 0 Å². The van der Waals surface area contributed by atoms with Crippen molar-refractivity contribution in [3.05, 3.63) is 23.2 Å². The maximum Gasteiger partial charge on any atom is 0.183 e. The second-order valence-electron chi connectivity index (χ2n) is 5.02. The molecule has 1 atom stereocenters. The summed E-state index contributed by atoms with van der Waals surface area (Å²) in [6, 6.07) is 5.19. The van der Waals surface area contributed by atoms with Gasteiger partial charge in [-0.3, -0.25) is 0 Å². The van der Waals surface area contributed by atoms with Gasteiger partial charge in [0.2, 0.25) is 0 Å². The summed E-state index contributed by atoms with van der Waals surface area (Å²) >= 11 is 6.18. The Kier molecular flexibility index (Phi) is 3.58. The normalized spacial score (nSPS) is 20.7. The standard InChI is InChI=1S/C12H14ClN5O2S/c13-11-9(4-1-5-10(11)14)12-15-16-17-18(12)7-8-3-2-6-21(8,19)20/h1,4-5,8H,2-3,6-7,14H2. The zero-order valence-corrected chi connectivity index (χ0v) is 12.7. The monoisotopic (exact) mass is 327 g/mol. The van der Waals surface area contributed by atoms with E-state index in [4.69, 9.17) is 17.3 Å². The van der Waals surface area contributed by atoms with Gasteiger partial charge in [-0.05, 0) is 35.4 Å². The number of rotatable bonds is 3.